The van der Waals surface area contributed by atoms with Crippen LogP contribution in [0.1, 0.15) is 23.5 Å². The van der Waals surface area contributed by atoms with E-state index < -0.39 is 17.7 Å². The number of rotatable bonds is 1. The van der Waals surface area contributed by atoms with E-state index in [1.807, 2.05) is 0 Å². The fraction of sp³-hybridized carbons (Fsp3) is 0.417. The van der Waals surface area contributed by atoms with Crippen molar-refractivity contribution in [2.24, 2.45) is 0 Å². The minimum Gasteiger partial charge on any atom is -0.310 e. The summed E-state index contributed by atoms with van der Waals surface area (Å²) in [6.07, 6.45) is -3.80. The molecule has 1 N–H and O–H groups in total. The van der Waals surface area contributed by atoms with Crippen molar-refractivity contribution in [2.45, 2.75) is 18.5 Å². The highest BCUT2D eigenvalue weighted by Crippen LogP contribution is 2.32. The summed E-state index contributed by atoms with van der Waals surface area (Å²) in [5.74, 6) is -0.450. The van der Waals surface area contributed by atoms with Crippen LogP contribution in [0.25, 0.3) is 0 Å². The van der Waals surface area contributed by atoms with Crippen molar-refractivity contribution in [1.29, 1.82) is 0 Å². The van der Waals surface area contributed by atoms with Gasteiger partial charge in [0.05, 0.1) is 12.1 Å². The van der Waals surface area contributed by atoms with Gasteiger partial charge < -0.3 is 5.32 Å². The predicted molar refractivity (Wildman–Crippen MR) is 56.7 cm³/mol. The molecule has 17 heavy (non-hydrogen) atoms. The van der Waals surface area contributed by atoms with Crippen LogP contribution in [0.2, 0.25) is 0 Å². The summed E-state index contributed by atoms with van der Waals surface area (Å²) in [6, 6.07) is 5.04. The van der Waals surface area contributed by atoms with E-state index in [1.165, 1.54) is 6.07 Å². The van der Waals surface area contributed by atoms with Gasteiger partial charge in [0, 0.05) is 5.92 Å². The molecule has 1 fully saturated rings. The summed E-state index contributed by atoms with van der Waals surface area (Å²) in [4.78, 5) is 11.6. The molecular formula is C12H12F3NO. The molecule has 1 aromatic carbocycles. The molecule has 1 saturated heterocycles. The van der Waals surface area contributed by atoms with E-state index in [-0.39, 0.29) is 12.3 Å². The average molecular weight is 243 g/mol. The zero-order valence-electron chi connectivity index (χ0n) is 9.05. The number of hydrogen-bond donors (Lipinski definition) is 1. The topological polar surface area (TPSA) is 29.1 Å². The number of piperidine rings is 1. The van der Waals surface area contributed by atoms with Crippen molar-refractivity contribution >= 4 is 5.78 Å². The first-order valence-electron chi connectivity index (χ1n) is 5.39. The van der Waals surface area contributed by atoms with Gasteiger partial charge in [-0.1, -0.05) is 18.2 Å². The lowest BCUT2D eigenvalue weighted by molar-refractivity contribution is -0.137. The lowest BCUT2D eigenvalue weighted by Gasteiger charge is -2.22. The Balaban J connectivity index is 2.29. The molecule has 1 aromatic rings. The van der Waals surface area contributed by atoms with Crippen LogP contribution in [0.15, 0.2) is 24.3 Å². The summed E-state index contributed by atoms with van der Waals surface area (Å²) in [6.45, 7) is 0.896. The molecule has 5 heteroatoms. The summed E-state index contributed by atoms with van der Waals surface area (Å²) in [5, 5.41) is 2.91. The molecule has 0 aromatic heterocycles. The van der Waals surface area contributed by atoms with Gasteiger partial charge in [-0.2, -0.15) is 13.2 Å². The van der Waals surface area contributed by atoms with Gasteiger partial charge >= 0.3 is 6.18 Å². The van der Waals surface area contributed by atoms with Crippen LogP contribution >= 0.6 is 0 Å². The lowest BCUT2D eigenvalue weighted by atomic mass is 9.88. The lowest BCUT2D eigenvalue weighted by Crippen LogP contribution is -2.35. The Labute approximate surface area is 96.8 Å². The quantitative estimate of drug-likeness (QED) is 0.820. The number of Topliss-reactive ketones (excluding diaryl/α,β-unsaturated/α-hetero) is 1. The first kappa shape index (κ1) is 12.1. The number of nitrogens with one attached hydrogen (secondary N) is 1. The van der Waals surface area contributed by atoms with Crippen molar-refractivity contribution < 1.29 is 18.0 Å². The molecule has 0 spiro atoms. The molecule has 1 aliphatic rings. The fourth-order valence-electron chi connectivity index (χ4n) is 2.03. The van der Waals surface area contributed by atoms with Gasteiger partial charge in [-0.05, 0) is 24.6 Å². The molecule has 0 amide bonds. The molecule has 1 atom stereocenters. The highest BCUT2D eigenvalue weighted by atomic mass is 19.4. The molecule has 0 bridgehead atoms. The van der Waals surface area contributed by atoms with E-state index >= 15 is 0 Å². The van der Waals surface area contributed by atoms with E-state index in [1.54, 1.807) is 6.07 Å². The van der Waals surface area contributed by atoms with Gasteiger partial charge in [-0.3, -0.25) is 4.79 Å². The summed E-state index contributed by atoms with van der Waals surface area (Å²) < 4.78 is 37.6. The van der Waals surface area contributed by atoms with Crippen LogP contribution in [-0.4, -0.2) is 18.9 Å². The Kier molecular flexibility index (Phi) is 3.19. The first-order chi connectivity index (χ1) is 7.98. The van der Waals surface area contributed by atoms with Gasteiger partial charge in [0.25, 0.3) is 0 Å². The van der Waals surface area contributed by atoms with Crippen molar-refractivity contribution in [3.8, 4) is 0 Å². The van der Waals surface area contributed by atoms with E-state index in [0.717, 1.165) is 12.1 Å². The molecule has 1 unspecified atom stereocenters. The molecule has 2 rings (SSSR count). The van der Waals surface area contributed by atoms with E-state index in [9.17, 15) is 18.0 Å². The zero-order chi connectivity index (χ0) is 12.5. The molecule has 0 radical (unpaired) electrons. The van der Waals surface area contributed by atoms with Crippen LogP contribution < -0.4 is 5.32 Å². The Bertz CT molecular complexity index is 428. The highest BCUT2D eigenvalue weighted by Gasteiger charge is 2.32. The number of carbonyl (C=O) groups excluding carboxylic acids is 1. The van der Waals surface area contributed by atoms with Crippen molar-refractivity contribution in [3.05, 3.63) is 35.4 Å². The number of carbonyl (C=O) groups is 1. The predicted octanol–water partition coefficient (Wildman–Crippen LogP) is 2.35. The zero-order valence-corrected chi connectivity index (χ0v) is 9.05. The van der Waals surface area contributed by atoms with Crippen LogP contribution in [0, 0.1) is 0 Å². The van der Waals surface area contributed by atoms with Crippen LogP contribution in [0.4, 0.5) is 13.2 Å². The van der Waals surface area contributed by atoms with Crippen molar-refractivity contribution in [3.63, 3.8) is 0 Å². The first-order valence-corrected chi connectivity index (χ1v) is 5.39. The third kappa shape index (κ3) is 2.66. The average Bonchev–Trinajstić information content (AvgIpc) is 2.29. The minimum absolute atomic E-state index is 0.0458. The maximum absolute atomic E-state index is 12.5. The molecule has 1 heterocycles. The van der Waals surface area contributed by atoms with Crippen LogP contribution in [0.5, 0.6) is 0 Å². The Hall–Kier alpha value is -1.36. The third-order valence-electron chi connectivity index (χ3n) is 2.91. The van der Waals surface area contributed by atoms with Gasteiger partial charge in [-0.25, -0.2) is 0 Å². The summed E-state index contributed by atoms with van der Waals surface area (Å²) in [7, 11) is 0. The SMILES string of the molecule is O=C1CNCCC1c1cccc(C(F)(F)F)c1. The van der Waals surface area contributed by atoms with Gasteiger partial charge in [-0.15, -0.1) is 0 Å². The molecule has 0 saturated carbocycles. The van der Waals surface area contributed by atoms with Gasteiger partial charge in [0.1, 0.15) is 0 Å². The number of hydrogen-bond acceptors (Lipinski definition) is 2. The molecular weight excluding hydrogens is 231 g/mol. The second-order valence-corrected chi connectivity index (χ2v) is 4.11. The van der Waals surface area contributed by atoms with Crippen LogP contribution in [0.3, 0.4) is 0 Å². The Morgan fingerprint density at radius 3 is 2.71 bits per heavy atom. The third-order valence-corrected chi connectivity index (χ3v) is 2.91. The van der Waals surface area contributed by atoms with Crippen molar-refractivity contribution in [1.82, 2.24) is 5.32 Å². The van der Waals surface area contributed by atoms with E-state index in [4.69, 9.17) is 0 Å². The van der Waals surface area contributed by atoms with Crippen molar-refractivity contribution in [2.75, 3.05) is 13.1 Å². The number of ketones is 1. The number of alkyl halides is 3. The molecule has 0 aliphatic carbocycles. The highest BCUT2D eigenvalue weighted by molar-refractivity contribution is 5.88. The summed E-state index contributed by atoms with van der Waals surface area (Å²) in [5.41, 5.74) is -0.229. The minimum atomic E-state index is -4.36. The second kappa shape index (κ2) is 4.49. The normalized spacial score (nSPS) is 21.6. The van der Waals surface area contributed by atoms with Gasteiger partial charge in [0.15, 0.2) is 5.78 Å². The molecule has 2 nitrogen and oxygen atoms in total. The number of halogens is 3. The largest absolute Gasteiger partial charge is 0.416 e. The summed E-state index contributed by atoms with van der Waals surface area (Å²) >= 11 is 0. The maximum Gasteiger partial charge on any atom is 0.416 e. The van der Waals surface area contributed by atoms with Gasteiger partial charge in [0.2, 0.25) is 0 Å². The maximum atomic E-state index is 12.5. The second-order valence-electron chi connectivity index (χ2n) is 4.11. The van der Waals surface area contributed by atoms with Crippen LogP contribution in [-0.2, 0) is 11.0 Å². The Morgan fingerprint density at radius 2 is 2.06 bits per heavy atom. The Morgan fingerprint density at radius 1 is 1.29 bits per heavy atom. The van der Waals surface area contributed by atoms with E-state index in [2.05, 4.69) is 5.32 Å². The monoisotopic (exact) mass is 243 g/mol. The number of benzene rings is 1. The molecule has 1 aliphatic heterocycles. The van der Waals surface area contributed by atoms with E-state index in [0.29, 0.717) is 18.5 Å². The standard InChI is InChI=1S/C12H12F3NO/c13-12(14,15)9-3-1-2-8(6-9)10-4-5-16-7-11(10)17/h1-3,6,10,16H,4-5,7H2. The smallest absolute Gasteiger partial charge is 0.310 e. The molecule has 92 valence electrons. The fourth-order valence-corrected chi connectivity index (χ4v) is 2.03.